The van der Waals surface area contributed by atoms with Crippen LogP contribution in [-0.4, -0.2) is 85.4 Å². The highest BCUT2D eigenvalue weighted by Crippen LogP contribution is 2.30. The molecule has 4 unspecified atom stereocenters. The van der Waals surface area contributed by atoms with E-state index in [0.29, 0.717) is 0 Å². The Morgan fingerprint density at radius 1 is 1.52 bits per heavy atom. The molecule has 10 nitrogen and oxygen atoms in total. The van der Waals surface area contributed by atoms with Crippen LogP contribution in [0.5, 0.6) is 0 Å². The monoisotopic (exact) mass is 302 g/mol. The maximum absolute atomic E-state index is 11.1. The van der Waals surface area contributed by atoms with Crippen LogP contribution in [0.2, 0.25) is 0 Å². The number of amides is 1. The molecule has 0 aliphatic carbocycles. The Bertz CT molecular complexity index is 403. The van der Waals surface area contributed by atoms with Gasteiger partial charge in [0.1, 0.15) is 18.3 Å². The molecule has 1 saturated heterocycles. The number of hydrogen-bond donors (Lipinski definition) is 7. The van der Waals surface area contributed by atoms with E-state index in [0.717, 1.165) is 6.92 Å². The van der Waals surface area contributed by atoms with Crippen molar-refractivity contribution in [2.24, 2.45) is 0 Å². The van der Waals surface area contributed by atoms with E-state index < -0.39 is 61.1 Å². The normalized spacial score (nSPS) is 35.8. The van der Waals surface area contributed by atoms with Gasteiger partial charge < -0.3 is 40.7 Å². The van der Waals surface area contributed by atoms with E-state index >= 15 is 0 Å². The lowest BCUT2D eigenvalue weighted by atomic mass is 7.14. The van der Waals surface area contributed by atoms with E-state index in [-0.39, 0.29) is 0 Å². The van der Waals surface area contributed by atoms with Crippen LogP contribution >= 0.6 is 0 Å². The molecule has 6 atom stereocenters. The molecule has 0 aromatic carbocycles. The molecule has 0 bridgehead atoms. The summed E-state index contributed by atoms with van der Waals surface area (Å²) in [6.07, 6.45) is -7.48. The van der Waals surface area contributed by atoms with Crippen molar-refractivity contribution in [1.82, 2.24) is 5.32 Å². The fourth-order valence-electron chi connectivity index (χ4n) is 2.14. The van der Waals surface area contributed by atoms with E-state index in [1.54, 1.807) is 0 Å². The number of ether oxygens (including phenoxy) is 1. The van der Waals surface area contributed by atoms with Gasteiger partial charge in [0.2, 0.25) is 5.91 Å². The molecule has 21 heavy (non-hydrogen) atoms. The number of aliphatic carboxylic acids is 1. The lowest BCUT2D eigenvalue weighted by molar-refractivity contribution is -0.295. The average Bonchev–Trinajstić information content (AvgIpc) is 2.39. The molecule has 1 heterocycles. The Morgan fingerprint density at radius 3 is 2.52 bits per heavy atom. The van der Waals surface area contributed by atoms with Crippen LogP contribution in [0.15, 0.2) is 0 Å². The predicted octanol–water partition coefficient (Wildman–Crippen LogP) is -3.87. The van der Waals surface area contributed by atoms with Crippen molar-refractivity contribution >= 4 is 11.9 Å². The minimum absolute atomic E-state index is 0.598. The third-order valence-electron chi connectivity index (χ3n) is 3.21. The summed E-state index contributed by atoms with van der Waals surface area (Å²) in [5.74, 6) is -5.17. The summed E-state index contributed by atoms with van der Waals surface area (Å²) < 4.78 is 4.86. The summed E-state index contributed by atoms with van der Waals surface area (Å²) in [5, 5.41) is 59.0. The van der Waals surface area contributed by atoms with Gasteiger partial charge in [-0.3, -0.25) is 4.79 Å². The van der Waals surface area contributed by atoms with Gasteiger partial charge in [-0.2, -0.15) is 0 Å². The average molecular weight is 302 g/mol. The molecule has 0 aromatic heterocycles. The van der Waals surface area contributed by atoms with E-state index in [9.17, 15) is 30.0 Å². The smallest absolute Gasteiger partial charge is 0.364 e. The third kappa shape index (κ3) is 3.87. The maximum Gasteiger partial charge on any atom is 0.364 e. The molecule has 0 radical (unpaired) electrons. The van der Waals surface area contributed by atoms with Gasteiger partial charge in [-0.25, -0.2) is 4.79 Å². The van der Waals surface area contributed by atoms with Gasteiger partial charge in [0, 0.05) is 13.3 Å². The summed E-state index contributed by atoms with van der Waals surface area (Å²) in [6, 6.07) is -1.27. The molecule has 1 fully saturated rings. The zero-order chi connectivity index (χ0) is 16.4. The first-order valence-electron chi connectivity index (χ1n) is 6.18. The molecule has 1 rings (SSSR count). The van der Waals surface area contributed by atoms with Crippen LogP contribution in [0.4, 0.5) is 0 Å². The number of rotatable bonds is 5. The summed E-state index contributed by atoms with van der Waals surface area (Å²) >= 11 is 0. The van der Waals surface area contributed by atoms with Gasteiger partial charge in [-0.1, -0.05) is 0 Å². The zero-order valence-corrected chi connectivity index (χ0v) is 11.2. The van der Waals surface area contributed by atoms with Crippen LogP contribution < -0.4 is 5.32 Å². The highest BCUT2D eigenvalue weighted by Gasteiger charge is 2.53. The first-order valence-corrected chi connectivity index (χ1v) is 6.18. The Labute approximate surface area is 119 Å². The highest BCUT2D eigenvalue weighted by molar-refractivity contribution is 5.76. The largest absolute Gasteiger partial charge is 0.477 e. The van der Waals surface area contributed by atoms with E-state index in [2.05, 4.69) is 5.32 Å². The molecule has 1 amide bonds. The summed E-state index contributed by atoms with van der Waals surface area (Å²) in [6.45, 7) is 0.256. The second kappa shape index (κ2) is 6.64. The topological polar surface area (TPSA) is 177 Å². The summed E-state index contributed by atoms with van der Waals surface area (Å²) in [7, 11) is 0. The third-order valence-corrected chi connectivity index (χ3v) is 3.21. The van der Waals surface area contributed by atoms with E-state index in [1.165, 1.54) is 0 Å². The number of carbonyl (C=O) groups excluding carboxylic acids is 1. The van der Waals surface area contributed by atoms with E-state index in [4.69, 9.17) is 14.9 Å². The zero-order valence-electron chi connectivity index (χ0n) is 11.2. The van der Waals surface area contributed by atoms with Crippen molar-refractivity contribution < 1.29 is 45.0 Å². The number of aliphatic hydroxyl groups is 5. The second-order valence-corrected chi connectivity index (χ2v) is 4.91. The second-order valence-electron chi connectivity index (χ2n) is 4.91. The molecule has 122 valence electrons. The van der Waals surface area contributed by atoms with Gasteiger partial charge in [0.25, 0.3) is 5.79 Å². The number of carboxylic acids is 1. The van der Waals surface area contributed by atoms with Crippen LogP contribution in [-0.2, 0) is 14.3 Å². The van der Waals surface area contributed by atoms with Gasteiger partial charge >= 0.3 is 5.97 Å². The van der Waals surface area contributed by atoms with Crippen LogP contribution in [0.3, 0.4) is 0 Å². The van der Waals surface area contributed by atoms with Crippen molar-refractivity contribution in [3.63, 3.8) is 0 Å². The Morgan fingerprint density at radius 2 is 2.10 bits per heavy atom. The lowest BCUT2D eigenvalue weighted by Gasteiger charge is -2.44. The van der Waals surface area contributed by atoms with Crippen molar-refractivity contribution in [3.05, 3.63) is 0 Å². The van der Waals surface area contributed by atoms with Crippen LogP contribution in [0, 0.1) is 0 Å². The molecule has 1 aliphatic rings. The number of carboxylic acid groups (broad SMARTS) is 1. The van der Waals surface area contributed by atoms with Gasteiger partial charge in [-0.05, 0) is 0 Å². The quantitative estimate of drug-likeness (QED) is 0.267. The number of nitrogens with one attached hydrogen (secondary N) is 1. The molecule has 1 aliphatic heterocycles. The number of aliphatic hydroxyl groups excluding tert-OH is 4. The molecule has 0 spiro atoms. The molecule has 0 aromatic rings. The van der Waals surface area contributed by atoms with Crippen LogP contribution in [0.25, 0.3) is 0 Å². The molecule has 7 N–H and O–H groups in total. The Hall–Kier alpha value is -1.30. The lowest BCUT2D eigenvalue weighted by Crippen LogP contribution is -2.67. The van der Waals surface area contributed by atoms with Crippen molar-refractivity contribution in [2.75, 3.05) is 6.61 Å². The molecular formula is C11H19NO9. The Balaban J connectivity index is 3.07. The van der Waals surface area contributed by atoms with Crippen LogP contribution in [0.1, 0.15) is 13.3 Å². The van der Waals surface area contributed by atoms with E-state index in [1.807, 2.05) is 0 Å². The standard InChI is InChI=1S/C11H19NO9/c1-4(14)12-7-5(15)2-11(20,10(18)19)21-9(7)8(17)6(16)3-13/h5-9,13,15-17,20H,2-3H2,1H3,(H,12,14)(H,18,19)/t5-,6?,7?,8?,9-,11?/m1/s1/i3-3,6-4. The summed E-state index contributed by atoms with van der Waals surface area (Å²) in [4.78, 5) is 22.1. The Kier molecular flexibility index (Phi) is 5.61. The number of hydrogen-bond acceptors (Lipinski definition) is 8. The summed E-state index contributed by atoms with van der Waals surface area (Å²) in [5.41, 5.74) is 0. The van der Waals surface area contributed by atoms with Gasteiger partial charge in [-0.15, -0.1) is 0 Å². The minimum atomic E-state index is -2.78. The SMILES string of the molecule is CC(=O)NC1[C@H](C(O)[8CH](O)[9CH2]O)OC(O)(C(=O)O)C[C@H]1O. The van der Waals surface area contributed by atoms with Crippen molar-refractivity contribution in [2.45, 2.75) is 49.6 Å². The van der Waals surface area contributed by atoms with Crippen molar-refractivity contribution in [1.29, 1.82) is 0 Å². The van der Waals surface area contributed by atoms with Gasteiger partial charge in [0.05, 0.1) is 18.8 Å². The minimum Gasteiger partial charge on any atom is -0.477 e. The van der Waals surface area contributed by atoms with Gasteiger partial charge in [0.15, 0.2) is 0 Å². The predicted molar refractivity (Wildman–Crippen MR) is 64.8 cm³/mol. The fraction of sp³-hybridized carbons (Fsp3) is 0.818. The fourth-order valence-corrected chi connectivity index (χ4v) is 2.14. The molecule has 10 heteroatoms. The molecular weight excluding hydrogens is 283 g/mol. The first kappa shape index (κ1) is 17.8. The number of carbonyl (C=O) groups is 2. The maximum atomic E-state index is 11.1. The highest BCUT2D eigenvalue weighted by atomic mass is 16.7. The van der Waals surface area contributed by atoms with Crippen molar-refractivity contribution in [3.8, 4) is 0 Å². The first-order chi connectivity index (χ1) is 9.62. The molecule has 0 saturated carbocycles.